The molecule has 8 nitrogen and oxygen atoms in total. The third-order valence-electron chi connectivity index (χ3n) is 4.32. The summed E-state index contributed by atoms with van der Waals surface area (Å²) < 4.78 is 11.4. The Hall–Kier alpha value is -2.23. The second kappa shape index (κ2) is 10.7. The smallest absolute Gasteiger partial charge is 0.238 e. The molecule has 0 saturated carbocycles. The first-order chi connectivity index (χ1) is 14.4. The van der Waals surface area contributed by atoms with Crippen molar-refractivity contribution in [1.82, 2.24) is 9.90 Å². The zero-order valence-electron chi connectivity index (χ0n) is 16.0. The molecule has 0 spiro atoms. The minimum Gasteiger partial charge on any atom is -0.508 e. The summed E-state index contributed by atoms with van der Waals surface area (Å²) in [5.74, 6) is 0.557. The second-order valence-corrected chi connectivity index (χ2v) is 7.41. The number of phenols is 1. The molecule has 2 aromatic carbocycles. The molecule has 1 aliphatic heterocycles. The Morgan fingerprint density at radius 1 is 1.30 bits per heavy atom. The van der Waals surface area contributed by atoms with E-state index < -0.39 is 12.0 Å². The highest BCUT2D eigenvalue weighted by Crippen LogP contribution is 2.25. The SMILES string of the molecule is O=C(Cc1ccc(O)cc1OC[C@H](O)CN1C[C@@H](Oc2ccc(Cl)cc2)CO1)NCl. The highest BCUT2D eigenvalue weighted by molar-refractivity contribution is 6.30. The number of phenolic OH excluding ortho intramolecular Hbond substituents is 1. The van der Waals surface area contributed by atoms with Crippen LogP contribution in [0.1, 0.15) is 5.56 Å². The summed E-state index contributed by atoms with van der Waals surface area (Å²) in [7, 11) is 0. The van der Waals surface area contributed by atoms with Crippen LogP contribution in [-0.4, -0.2) is 59.7 Å². The molecule has 3 N–H and O–H groups in total. The number of aliphatic hydroxyl groups excluding tert-OH is 1. The van der Waals surface area contributed by atoms with Crippen LogP contribution in [0.3, 0.4) is 0 Å². The number of hydroxylamine groups is 2. The van der Waals surface area contributed by atoms with Crippen molar-refractivity contribution in [3.8, 4) is 17.2 Å². The summed E-state index contributed by atoms with van der Waals surface area (Å²) in [6, 6.07) is 11.4. The van der Waals surface area contributed by atoms with Crippen molar-refractivity contribution in [2.75, 3.05) is 26.3 Å². The van der Waals surface area contributed by atoms with Gasteiger partial charge < -0.3 is 19.7 Å². The molecule has 1 fully saturated rings. The minimum absolute atomic E-state index is 0.0143. The molecule has 10 heteroatoms. The number of β-amino-alcohol motifs (C(OH)–C–C–N with tert-alkyl or cyclic N) is 1. The third-order valence-corrected chi connectivity index (χ3v) is 4.78. The van der Waals surface area contributed by atoms with E-state index in [1.807, 2.05) is 4.84 Å². The summed E-state index contributed by atoms with van der Waals surface area (Å²) in [6.07, 6.45) is -1.06. The number of aliphatic hydroxyl groups is 1. The lowest BCUT2D eigenvalue weighted by Gasteiger charge is -2.20. The summed E-state index contributed by atoms with van der Waals surface area (Å²) in [5, 5.41) is 22.2. The Bertz CT molecular complexity index is 852. The fourth-order valence-corrected chi connectivity index (χ4v) is 3.12. The number of halogens is 2. The molecule has 0 bridgehead atoms. The quantitative estimate of drug-likeness (QED) is 0.497. The largest absolute Gasteiger partial charge is 0.508 e. The van der Waals surface area contributed by atoms with E-state index in [0.29, 0.717) is 35.2 Å². The maximum atomic E-state index is 11.5. The standard InChI is InChI=1S/C20H22Cl2N2O6/c21-14-2-5-17(6-3-14)30-18-10-24(29-12-18)9-16(26)11-28-19-8-15(25)4-1-13(19)7-20(27)23-22/h1-6,8,16,18,25-26H,7,9-12H2,(H,23,27)/t16-,18-/m1/s1. The van der Waals surface area contributed by atoms with Gasteiger partial charge in [0.15, 0.2) is 0 Å². The number of ether oxygens (including phenoxy) is 2. The summed E-state index contributed by atoms with van der Waals surface area (Å²) in [4.78, 5) is 19.1. The van der Waals surface area contributed by atoms with Gasteiger partial charge in [0, 0.05) is 28.4 Å². The van der Waals surface area contributed by atoms with Crippen LogP contribution in [-0.2, 0) is 16.1 Å². The molecule has 1 amide bonds. The second-order valence-electron chi connectivity index (χ2n) is 6.79. The van der Waals surface area contributed by atoms with Crippen molar-refractivity contribution in [1.29, 1.82) is 0 Å². The van der Waals surface area contributed by atoms with Crippen LogP contribution < -0.4 is 14.3 Å². The van der Waals surface area contributed by atoms with E-state index in [1.165, 1.54) is 12.1 Å². The molecule has 30 heavy (non-hydrogen) atoms. The normalized spacial score (nSPS) is 17.5. The lowest BCUT2D eigenvalue weighted by atomic mass is 10.1. The number of nitrogens with one attached hydrogen (secondary N) is 1. The van der Waals surface area contributed by atoms with Crippen LogP contribution in [0.5, 0.6) is 17.2 Å². The molecule has 0 aromatic heterocycles. The first-order valence-corrected chi connectivity index (χ1v) is 10.0. The minimum atomic E-state index is -0.865. The van der Waals surface area contributed by atoms with Gasteiger partial charge in [0.1, 0.15) is 42.7 Å². The topological polar surface area (TPSA) is 100 Å². The van der Waals surface area contributed by atoms with E-state index in [1.54, 1.807) is 35.4 Å². The number of carbonyl (C=O) groups is 1. The van der Waals surface area contributed by atoms with Crippen molar-refractivity contribution in [3.05, 3.63) is 53.1 Å². The Morgan fingerprint density at radius 2 is 2.07 bits per heavy atom. The number of carbonyl (C=O) groups excluding carboxylic acids is 1. The average Bonchev–Trinajstić information content (AvgIpc) is 3.16. The van der Waals surface area contributed by atoms with Crippen molar-refractivity contribution >= 4 is 29.3 Å². The zero-order valence-corrected chi connectivity index (χ0v) is 17.5. The lowest BCUT2D eigenvalue weighted by molar-refractivity contribution is -0.131. The molecule has 0 unspecified atom stereocenters. The maximum absolute atomic E-state index is 11.5. The van der Waals surface area contributed by atoms with Gasteiger partial charge in [0.2, 0.25) is 5.91 Å². The number of hydrogen-bond acceptors (Lipinski definition) is 7. The molecule has 2 atom stereocenters. The number of amides is 1. The Balaban J connectivity index is 1.47. The lowest BCUT2D eigenvalue weighted by Crippen LogP contribution is -2.34. The van der Waals surface area contributed by atoms with Gasteiger partial charge >= 0.3 is 0 Å². The first-order valence-electron chi connectivity index (χ1n) is 9.25. The van der Waals surface area contributed by atoms with E-state index >= 15 is 0 Å². The molecular formula is C20H22Cl2N2O6. The first kappa shape index (κ1) is 22.5. The van der Waals surface area contributed by atoms with Crippen LogP contribution in [0.2, 0.25) is 5.02 Å². The molecule has 0 aliphatic carbocycles. The Labute approximate surface area is 183 Å². The molecule has 162 valence electrons. The third kappa shape index (κ3) is 6.65. The number of aromatic hydroxyl groups is 1. The van der Waals surface area contributed by atoms with E-state index in [2.05, 4.69) is 0 Å². The van der Waals surface area contributed by atoms with Gasteiger partial charge in [-0.25, -0.2) is 0 Å². The average molecular weight is 457 g/mol. The molecule has 1 heterocycles. The maximum Gasteiger partial charge on any atom is 0.238 e. The summed E-state index contributed by atoms with van der Waals surface area (Å²) >= 11 is 11.2. The molecule has 1 aliphatic rings. The molecular weight excluding hydrogens is 435 g/mol. The van der Waals surface area contributed by atoms with Crippen molar-refractivity contribution in [2.24, 2.45) is 0 Å². The summed E-state index contributed by atoms with van der Waals surface area (Å²) in [5.41, 5.74) is 0.534. The van der Waals surface area contributed by atoms with Crippen molar-refractivity contribution in [2.45, 2.75) is 18.6 Å². The van der Waals surface area contributed by atoms with E-state index in [4.69, 9.17) is 37.7 Å². The van der Waals surface area contributed by atoms with Crippen LogP contribution in [0, 0.1) is 0 Å². The number of rotatable bonds is 9. The number of nitrogens with zero attached hydrogens (tertiary/aromatic N) is 1. The summed E-state index contributed by atoms with van der Waals surface area (Å²) in [6.45, 7) is 0.992. The molecule has 2 aromatic rings. The monoisotopic (exact) mass is 456 g/mol. The zero-order chi connectivity index (χ0) is 21.5. The van der Waals surface area contributed by atoms with Gasteiger partial charge in [-0.3, -0.25) is 14.5 Å². The van der Waals surface area contributed by atoms with E-state index in [0.717, 1.165) is 0 Å². The molecule has 0 radical (unpaired) electrons. The predicted molar refractivity (Wildman–Crippen MR) is 111 cm³/mol. The van der Waals surface area contributed by atoms with Gasteiger partial charge in [-0.1, -0.05) is 17.7 Å². The number of benzene rings is 2. The van der Waals surface area contributed by atoms with Gasteiger partial charge in [-0.05, 0) is 30.3 Å². The number of hydrogen-bond donors (Lipinski definition) is 3. The van der Waals surface area contributed by atoms with Crippen LogP contribution in [0.15, 0.2) is 42.5 Å². The van der Waals surface area contributed by atoms with Crippen molar-refractivity contribution < 1.29 is 29.3 Å². The van der Waals surface area contributed by atoms with Gasteiger partial charge in [-0.2, -0.15) is 5.06 Å². The van der Waals surface area contributed by atoms with Gasteiger partial charge in [0.25, 0.3) is 0 Å². The highest BCUT2D eigenvalue weighted by Gasteiger charge is 2.27. The fourth-order valence-electron chi connectivity index (χ4n) is 2.93. The predicted octanol–water partition coefficient (Wildman–Crippen LogP) is 2.29. The molecule has 3 rings (SSSR count). The Morgan fingerprint density at radius 3 is 2.80 bits per heavy atom. The highest BCUT2D eigenvalue weighted by atomic mass is 35.5. The van der Waals surface area contributed by atoms with Crippen LogP contribution in [0.25, 0.3) is 0 Å². The molecule has 1 saturated heterocycles. The van der Waals surface area contributed by atoms with Crippen LogP contribution >= 0.6 is 23.4 Å². The van der Waals surface area contributed by atoms with Gasteiger partial charge in [-0.15, -0.1) is 0 Å². The fraction of sp³-hybridized carbons (Fsp3) is 0.350. The van der Waals surface area contributed by atoms with Crippen LogP contribution in [0.4, 0.5) is 0 Å². The van der Waals surface area contributed by atoms with E-state index in [-0.39, 0.29) is 31.4 Å². The van der Waals surface area contributed by atoms with Gasteiger partial charge in [0.05, 0.1) is 19.5 Å². The van der Waals surface area contributed by atoms with Crippen molar-refractivity contribution in [3.63, 3.8) is 0 Å². The Kier molecular flexibility index (Phi) is 8.01. The van der Waals surface area contributed by atoms with E-state index in [9.17, 15) is 15.0 Å².